The molecule has 1 saturated heterocycles. The van der Waals surface area contributed by atoms with Crippen LogP contribution in [0.1, 0.15) is 28.8 Å². The second-order valence-corrected chi connectivity index (χ2v) is 8.27. The van der Waals surface area contributed by atoms with Crippen molar-refractivity contribution in [3.05, 3.63) is 84.1 Å². The van der Waals surface area contributed by atoms with Crippen molar-refractivity contribution in [3.8, 4) is 5.75 Å². The number of benzene rings is 2. The van der Waals surface area contributed by atoms with Gasteiger partial charge in [0.25, 0.3) is 5.91 Å². The van der Waals surface area contributed by atoms with E-state index in [1.165, 1.54) is 4.90 Å². The van der Waals surface area contributed by atoms with Gasteiger partial charge >= 0.3 is 0 Å². The summed E-state index contributed by atoms with van der Waals surface area (Å²) in [7, 11) is 1.59. The van der Waals surface area contributed by atoms with Gasteiger partial charge in [-0.1, -0.05) is 30.3 Å². The maximum atomic E-state index is 13.4. The second-order valence-electron chi connectivity index (χ2n) is 8.27. The Bertz CT molecular complexity index is 1080. The van der Waals surface area contributed by atoms with Crippen LogP contribution in [0.2, 0.25) is 0 Å². The van der Waals surface area contributed by atoms with E-state index in [9.17, 15) is 9.59 Å². The molecule has 0 spiro atoms. The lowest BCUT2D eigenvalue weighted by Gasteiger charge is -2.23. The van der Waals surface area contributed by atoms with Crippen molar-refractivity contribution in [1.29, 1.82) is 0 Å². The largest absolute Gasteiger partial charge is 0.497 e. The molecule has 1 N–H and O–H groups in total. The summed E-state index contributed by atoms with van der Waals surface area (Å²) in [6.45, 7) is 2.39. The molecule has 0 bridgehead atoms. The zero-order chi connectivity index (χ0) is 23.8. The Labute approximate surface area is 200 Å². The van der Waals surface area contributed by atoms with E-state index in [-0.39, 0.29) is 18.4 Å². The average Bonchev–Trinajstić information content (AvgIpc) is 3.43. The number of hydrogen-bond acceptors (Lipinski definition) is 5. The van der Waals surface area contributed by atoms with Crippen LogP contribution in [-0.4, -0.2) is 50.1 Å². The maximum absolute atomic E-state index is 13.4. The highest BCUT2D eigenvalue weighted by atomic mass is 16.5. The third kappa shape index (κ3) is 5.92. The Hall–Kier alpha value is -3.87. The van der Waals surface area contributed by atoms with E-state index >= 15 is 0 Å². The van der Waals surface area contributed by atoms with Crippen molar-refractivity contribution in [3.63, 3.8) is 0 Å². The zero-order valence-corrected chi connectivity index (χ0v) is 19.4. The first-order valence-electron chi connectivity index (χ1n) is 11.6. The molecule has 1 aliphatic rings. The summed E-state index contributed by atoms with van der Waals surface area (Å²) >= 11 is 0. The van der Waals surface area contributed by atoms with Crippen LogP contribution in [0.4, 0.5) is 11.5 Å². The number of nitrogens with one attached hydrogen (secondary N) is 1. The first-order valence-corrected chi connectivity index (χ1v) is 11.6. The van der Waals surface area contributed by atoms with Crippen molar-refractivity contribution in [2.45, 2.75) is 19.3 Å². The van der Waals surface area contributed by atoms with Gasteiger partial charge in [-0.05, 0) is 61.2 Å². The molecule has 4 rings (SSSR count). The number of anilines is 2. The molecular weight excluding hydrogens is 428 g/mol. The predicted octanol–water partition coefficient (Wildman–Crippen LogP) is 3.70. The Balaban J connectivity index is 1.46. The number of amides is 2. The topological polar surface area (TPSA) is 74.8 Å². The van der Waals surface area contributed by atoms with Gasteiger partial charge in [0.05, 0.1) is 12.7 Å². The van der Waals surface area contributed by atoms with Crippen molar-refractivity contribution in [2.75, 3.05) is 43.1 Å². The van der Waals surface area contributed by atoms with E-state index < -0.39 is 0 Å². The Kier molecular flexibility index (Phi) is 7.75. The Morgan fingerprint density at radius 2 is 1.74 bits per heavy atom. The molecule has 2 heterocycles. The lowest BCUT2D eigenvalue weighted by molar-refractivity contribution is -0.119. The molecule has 176 valence electrons. The SMILES string of the molecule is COc1ccc(N(CC(=O)NCCc2ccccc2)C(=O)c2ccc(N3CCCC3)nc2)cc1. The number of nitrogens with zero attached hydrogens (tertiary/aromatic N) is 3. The van der Waals surface area contributed by atoms with E-state index in [4.69, 9.17) is 4.74 Å². The van der Waals surface area contributed by atoms with E-state index in [2.05, 4.69) is 15.2 Å². The van der Waals surface area contributed by atoms with Crippen LogP contribution in [-0.2, 0) is 11.2 Å². The summed E-state index contributed by atoms with van der Waals surface area (Å²) in [6, 6.07) is 20.7. The van der Waals surface area contributed by atoms with E-state index in [0.29, 0.717) is 23.5 Å². The van der Waals surface area contributed by atoms with Crippen molar-refractivity contribution in [1.82, 2.24) is 10.3 Å². The molecule has 3 aromatic rings. The molecule has 7 nitrogen and oxygen atoms in total. The van der Waals surface area contributed by atoms with E-state index in [1.807, 2.05) is 36.4 Å². The minimum atomic E-state index is -0.274. The minimum absolute atomic E-state index is 0.0895. The van der Waals surface area contributed by atoms with Gasteiger partial charge in [-0.15, -0.1) is 0 Å². The molecule has 0 unspecified atom stereocenters. The highest BCUT2D eigenvalue weighted by Crippen LogP contribution is 2.22. The van der Waals surface area contributed by atoms with Crippen LogP contribution in [0.3, 0.4) is 0 Å². The molecule has 2 aromatic carbocycles. The third-order valence-corrected chi connectivity index (χ3v) is 5.93. The average molecular weight is 459 g/mol. The maximum Gasteiger partial charge on any atom is 0.260 e. The summed E-state index contributed by atoms with van der Waals surface area (Å²) < 4.78 is 5.23. The number of pyridine rings is 1. The van der Waals surface area contributed by atoms with Crippen molar-refractivity contribution < 1.29 is 14.3 Å². The fourth-order valence-corrected chi connectivity index (χ4v) is 4.03. The van der Waals surface area contributed by atoms with E-state index in [0.717, 1.165) is 43.7 Å². The Morgan fingerprint density at radius 3 is 2.38 bits per heavy atom. The number of methoxy groups -OCH3 is 1. The molecule has 7 heteroatoms. The monoisotopic (exact) mass is 458 g/mol. The third-order valence-electron chi connectivity index (χ3n) is 5.93. The fourth-order valence-electron chi connectivity index (χ4n) is 4.03. The standard InChI is InChI=1S/C27H30N4O3/c1-34-24-12-10-23(11-13-24)31(20-26(32)28-16-15-21-7-3-2-4-8-21)27(33)22-9-14-25(29-19-22)30-17-5-6-18-30/h2-4,7-14,19H,5-6,15-18,20H2,1H3,(H,28,32). The van der Waals surface area contributed by atoms with Crippen LogP contribution in [0, 0.1) is 0 Å². The van der Waals surface area contributed by atoms with Crippen molar-refractivity contribution >= 4 is 23.3 Å². The minimum Gasteiger partial charge on any atom is -0.497 e. The summed E-state index contributed by atoms with van der Waals surface area (Å²) in [5.74, 6) is 1.06. The highest BCUT2D eigenvalue weighted by molar-refractivity contribution is 6.08. The summed E-state index contributed by atoms with van der Waals surface area (Å²) in [5.41, 5.74) is 2.21. The molecule has 0 atom stereocenters. The van der Waals surface area contributed by atoms with Gasteiger partial charge in [-0.25, -0.2) is 4.98 Å². The molecule has 34 heavy (non-hydrogen) atoms. The first kappa shape index (κ1) is 23.3. The van der Waals surface area contributed by atoms with Gasteiger partial charge in [0.1, 0.15) is 18.1 Å². The number of carbonyl (C=O) groups is 2. The van der Waals surface area contributed by atoms with Crippen LogP contribution >= 0.6 is 0 Å². The van der Waals surface area contributed by atoms with Gasteiger partial charge in [0.15, 0.2) is 0 Å². The smallest absolute Gasteiger partial charge is 0.260 e. The molecule has 0 radical (unpaired) electrons. The van der Waals surface area contributed by atoms with Gasteiger partial charge in [0.2, 0.25) is 5.91 Å². The molecule has 0 saturated carbocycles. The molecule has 1 aliphatic heterocycles. The summed E-state index contributed by atoms with van der Waals surface area (Å²) in [6.07, 6.45) is 4.64. The van der Waals surface area contributed by atoms with Gasteiger partial charge in [0, 0.05) is 31.5 Å². The van der Waals surface area contributed by atoms with Crippen molar-refractivity contribution in [2.24, 2.45) is 0 Å². The number of ether oxygens (including phenoxy) is 1. The fraction of sp³-hybridized carbons (Fsp3) is 0.296. The molecule has 1 fully saturated rings. The highest BCUT2D eigenvalue weighted by Gasteiger charge is 2.22. The number of aromatic nitrogens is 1. The Morgan fingerprint density at radius 1 is 1.00 bits per heavy atom. The normalized spacial score (nSPS) is 12.9. The molecule has 2 amide bonds. The quantitative estimate of drug-likeness (QED) is 0.529. The van der Waals surface area contributed by atoms with E-state index in [1.54, 1.807) is 43.6 Å². The lowest BCUT2D eigenvalue weighted by atomic mass is 10.1. The van der Waals surface area contributed by atoms with Crippen LogP contribution in [0.25, 0.3) is 0 Å². The predicted molar refractivity (Wildman–Crippen MR) is 134 cm³/mol. The summed E-state index contributed by atoms with van der Waals surface area (Å²) in [5, 5.41) is 2.93. The number of hydrogen-bond donors (Lipinski definition) is 1. The molecular formula is C27H30N4O3. The zero-order valence-electron chi connectivity index (χ0n) is 19.4. The second kappa shape index (κ2) is 11.3. The van der Waals surface area contributed by atoms with Gasteiger partial charge < -0.3 is 15.0 Å². The number of rotatable bonds is 9. The van der Waals surface area contributed by atoms with Crippen LogP contribution in [0.5, 0.6) is 5.75 Å². The molecule has 1 aromatic heterocycles. The van der Waals surface area contributed by atoms with Gasteiger partial charge in [-0.3, -0.25) is 14.5 Å². The summed E-state index contributed by atoms with van der Waals surface area (Å²) in [4.78, 5) is 34.4. The van der Waals surface area contributed by atoms with Gasteiger partial charge in [-0.2, -0.15) is 0 Å². The molecule has 0 aliphatic carbocycles. The lowest BCUT2D eigenvalue weighted by Crippen LogP contribution is -2.41. The van der Waals surface area contributed by atoms with Crippen LogP contribution < -0.4 is 19.9 Å². The number of carbonyl (C=O) groups excluding carboxylic acids is 2. The van der Waals surface area contributed by atoms with Crippen LogP contribution in [0.15, 0.2) is 72.9 Å². The first-order chi connectivity index (χ1) is 16.6.